The summed E-state index contributed by atoms with van der Waals surface area (Å²) < 4.78 is 0.907. The van der Waals surface area contributed by atoms with Crippen molar-refractivity contribution in [3.8, 4) is 0 Å². The van der Waals surface area contributed by atoms with Crippen molar-refractivity contribution in [2.45, 2.75) is 19.4 Å². The molecule has 25 heavy (non-hydrogen) atoms. The maximum atomic E-state index is 12.4. The van der Waals surface area contributed by atoms with Crippen LogP contribution in [0.4, 0.5) is 5.13 Å². The van der Waals surface area contributed by atoms with Gasteiger partial charge in [0.1, 0.15) is 0 Å². The van der Waals surface area contributed by atoms with Crippen LogP contribution in [0.15, 0.2) is 48.5 Å². The van der Waals surface area contributed by atoms with Gasteiger partial charge in [0, 0.05) is 11.9 Å². The van der Waals surface area contributed by atoms with Gasteiger partial charge in [-0.2, -0.15) is 0 Å². The summed E-state index contributed by atoms with van der Waals surface area (Å²) in [5, 5.41) is 6.75. The highest BCUT2D eigenvalue weighted by molar-refractivity contribution is 7.22. The molecule has 0 unspecified atom stereocenters. The topological polar surface area (TPSA) is 71.1 Å². The lowest BCUT2D eigenvalue weighted by Gasteiger charge is -2.17. The Labute approximate surface area is 154 Å². The van der Waals surface area contributed by atoms with Crippen LogP contribution >= 0.6 is 22.9 Å². The molecule has 0 radical (unpaired) electrons. The van der Waals surface area contributed by atoms with Gasteiger partial charge in [0.05, 0.1) is 22.7 Å². The molecule has 0 fully saturated rings. The summed E-state index contributed by atoms with van der Waals surface area (Å²) in [7, 11) is 0. The van der Waals surface area contributed by atoms with E-state index in [0.717, 1.165) is 15.8 Å². The number of nitrogens with one attached hydrogen (secondary N) is 2. The third-order valence-corrected chi connectivity index (χ3v) is 4.73. The first-order chi connectivity index (χ1) is 12.0. The lowest BCUT2D eigenvalue weighted by Crippen LogP contribution is -2.29. The number of aromatic nitrogens is 1. The number of fused-ring (bicyclic) bond motifs is 1. The minimum Gasteiger partial charge on any atom is -0.349 e. The van der Waals surface area contributed by atoms with Crippen molar-refractivity contribution < 1.29 is 9.59 Å². The fourth-order valence-corrected chi connectivity index (χ4v) is 3.65. The summed E-state index contributed by atoms with van der Waals surface area (Å²) in [5.74, 6) is -0.399. The molecule has 0 saturated heterocycles. The first kappa shape index (κ1) is 17.4. The standard InChI is InChI=1S/C18H16ClN3O2S/c1-11(23)20-15(12-5-3-2-4-6-12)10-17(24)22-18-21-14-8-7-13(19)9-16(14)25-18/h2-9,15H,10H2,1H3,(H,20,23)(H,21,22,24)/t15-/m1/s1. The minimum absolute atomic E-state index is 0.125. The predicted molar refractivity (Wildman–Crippen MR) is 101 cm³/mol. The number of amides is 2. The lowest BCUT2D eigenvalue weighted by molar-refractivity contribution is -0.120. The average molecular weight is 374 g/mol. The Hall–Kier alpha value is -2.44. The van der Waals surface area contributed by atoms with Crippen LogP contribution in [0.1, 0.15) is 24.9 Å². The fraction of sp³-hybridized carbons (Fsp3) is 0.167. The molecule has 3 aromatic rings. The molecular weight excluding hydrogens is 358 g/mol. The zero-order chi connectivity index (χ0) is 17.8. The molecule has 1 aromatic heterocycles. The van der Waals surface area contributed by atoms with Crippen molar-refractivity contribution in [3.05, 3.63) is 59.1 Å². The number of nitrogens with zero attached hydrogens (tertiary/aromatic N) is 1. The monoisotopic (exact) mass is 373 g/mol. The molecule has 3 rings (SSSR count). The number of rotatable bonds is 5. The summed E-state index contributed by atoms with van der Waals surface area (Å²) in [6.07, 6.45) is 0.125. The Morgan fingerprint density at radius 3 is 2.68 bits per heavy atom. The second-order valence-corrected chi connectivity index (χ2v) is 7.01. The molecule has 2 N–H and O–H groups in total. The van der Waals surface area contributed by atoms with Crippen molar-refractivity contribution in [1.82, 2.24) is 10.3 Å². The number of benzene rings is 2. The second kappa shape index (κ2) is 7.63. The van der Waals surface area contributed by atoms with E-state index in [9.17, 15) is 9.59 Å². The number of hydrogen-bond donors (Lipinski definition) is 2. The van der Waals surface area contributed by atoms with Crippen LogP contribution in [0.5, 0.6) is 0 Å². The zero-order valence-corrected chi connectivity index (χ0v) is 15.0. The third-order valence-electron chi connectivity index (χ3n) is 3.57. The normalized spacial score (nSPS) is 11.9. The number of carbonyl (C=O) groups excluding carboxylic acids is 2. The van der Waals surface area contributed by atoms with Crippen LogP contribution < -0.4 is 10.6 Å². The molecular formula is C18H16ClN3O2S. The molecule has 0 aliphatic heterocycles. The Morgan fingerprint density at radius 1 is 1.20 bits per heavy atom. The van der Waals surface area contributed by atoms with Gasteiger partial charge in [-0.1, -0.05) is 53.3 Å². The number of carbonyl (C=O) groups is 2. The van der Waals surface area contributed by atoms with E-state index < -0.39 is 0 Å². The Morgan fingerprint density at radius 2 is 1.96 bits per heavy atom. The summed E-state index contributed by atoms with van der Waals surface area (Å²) in [6, 6.07) is 14.4. The van der Waals surface area contributed by atoms with Gasteiger partial charge < -0.3 is 10.6 Å². The van der Waals surface area contributed by atoms with E-state index in [4.69, 9.17) is 11.6 Å². The maximum Gasteiger partial charge on any atom is 0.228 e. The van der Waals surface area contributed by atoms with Gasteiger partial charge in [0.15, 0.2) is 5.13 Å². The van der Waals surface area contributed by atoms with Gasteiger partial charge in [-0.25, -0.2) is 4.98 Å². The highest BCUT2D eigenvalue weighted by Gasteiger charge is 2.18. The molecule has 0 bridgehead atoms. The quantitative estimate of drug-likeness (QED) is 0.705. The molecule has 0 saturated carbocycles. The number of thiazole rings is 1. The number of halogens is 1. The molecule has 1 heterocycles. The summed E-state index contributed by atoms with van der Waals surface area (Å²) in [6.45, 7) is 1.44. The van der Waals surface area contributed by atoms with E-state index in [1.54, 1.807) is 6.07 Å². The van der Waals surface area contributed by atoms with Crippen LogP contribution in [-0.4, -0.2) is 16.8 Å². The van der Waals surface area contributed by atoms with Crippen molar-refractivity contribution in [1.29, 1.82) is 0 Å². The molecule has 0 spiro atoms. The third kappa shape index (κ3) is 4.55. The van der Waals surface area contributed by atoms with Crippen LogP contribution in [0, 0.1) is 0 Å². The predicted octanol–water partition coefficient (Wildman–Crippen LogP) is 4.16. The van der Waals surface area contributed by atoms with Crippen LogP contribution in [0.3, 0.4) is 0 Å². The summed E-state index contributed by atoms with van der Waals surface area (Å²) in [4.78, 5) is 28.2. The summed E-state index contributed by atoms with van der Waals surface area (Å²) >= 11 is 7.33. The van der Waals surface area contributed by atoms with Crippen molar-refractivity contribution in [2.24, 2.45) is 0 Å². The van der Waals surface area contributed by atoms with Crippen molar-refractivity contribution >= 4 is 50.1 Å². The zero-order valence-electron chi connectivity index (χ0n) is 13.5. The number of anilines is 1. The van der Waals surface area contributed by atoms with Crippen LogP contribution in [-0.2, 0) is 9.59 Å². The smallest absolute Gasteiger partial charge is 0.228 e. The van der Waals surface area contributed by atoms with Gasteiger partial charge in [-0.05, 0) is 23.8 Å². The van der Waals surface area contributed by atoms with Crippen molar-refractivity contribution in [2.75, 3.05) is 5.32 Å². The molecule has 2 aromatic carbocycles. The first-order valence-corrected chi connectivity index (χ1v) is 8.89. The van der Waals surface area contributed by atoms with Crippen LogP contribution in [0.2, 0.25) is 5.02 Å². The Balaban J connectivity index is 1.73. The Kier molecular flexibility index (Phi) is 5.31. The Bertz CT molecular complexity index is 911. The van der Waals surface area contributed by atoms with E-state index in [-0.39, 0.29) is 24.3 Å². The van der Waals surface area contributed by atoms with E-state index in [0.29, 0.717) is 10.2 Å². The average Bonchev–Trinajstić information content (AvgIpc) is 2.95. The minimum atomic E-state index is -0.387. The lowest BCUT2D eigenvalue weighted by atomic mass is 10.0. The van der Waals surface area contributed by atoms with Gasteiger partial charge in [-0.15, -0.1) is 0 Å². The highest BCUT2D eigenvalue weighted by Crippen LogP contribution is 2.28. The summed E-state index contributed by atoms with van der Waals surface area (Å²) in [5.41, 5.74) is 1.66. The van der Waals surface area contributed by atoms with Crippen LogP contribution in [0.25, 0.3) is 10.2 Å². The molecule has 2 amide bonds. The van der Waals surface area contributed by atoms with Gasteiger partial charge in [0.25, 0.3) is 0 Å². The molecule has 0 aliphatic rings. The van der Waals surface area contributed by atoms with Gasteiger partial charge >= 0.3 is 0 Å². The van der Waals surface area contributed by atoms with E-state index >= 15 is 0 Å². The van der Waals surface area contributed by atoms with E-state index in [2.05, 4.69) is 15.6 Å². The first-order valence-electron chi connectivity index (χ1n) is 7.69. The second-order valence-electron chi connectivity index (χ2n) is 5.55. The van der Waals surface area contributed by atoms with Gasteiger partial charge in [0.2, 0.25) is 11.8 Å². The largest absolute Gasteiger partial charge is 0.349 e. The SMILES string of the molecule is CC(=O)N[C@H](CC(=O)Nc1nc2ccc(Cl)cc2s1)c1ccccc1. The maximum absolute atomic E-state index is 12.4. The van der Waals surface area contributed by atoms with Gasteiger partial charge in [-0.3, -0.25) is 9.59 Å². The molecule has 0 aliphatic carbocycles. The van der Waals surface area contributed by atoms with E-state index in [1.165, 1.54) is 18.3 Å². The number of hydrogen-bond acceptors (Lipinski definition) is 4. The molecule has 5 nitrogen and oxygen atoms in total. The van der Waals surface area contributed by atoms with E-state index in [1.807, 2.05) is 42.5 Å². The highest BCUT2D eigenvalue weighted by atomic mass is 35.5. The molecule has 128 valence electrons. The fourth-order valence-electron chi connectivity index (χ4n) is 2.49. The molecule has 1 atom stereocenters. The van der Waals surface area contributed by atoms with Crippen molar-refractivity contribution in [3.63, 3.8) is 0 Å². The molecule has 7 heteroatoms.